The van der Waals surface area contributed by atoms with Crippen LogP contribution in [0.4, 0.5) is 41.2 Å². The second kappa shape index (κ2) is 31.0. The maximum Gasteiger partial charge on any atom is 0.416 e. The molecular weight excluding hydrogens is 1230 g/mol. The van der Waals surface area contributed by atoms with E-state index >= 15 is 0 Å². The third kappa shape index (κ3) is 17.5. The van der Waals surface area contributed by atoms with Gasteiger partial charge in [0, 0.05) is 96.0 Å². The Balaban J connectivity index is 0.595. The zero-order valence-corrected chi connectivity index (χ0v) is 53.5. The molecule has 506 valence electrons. The Hall–Kier alpha value is -7.44. The largest absolute Gasteiger partial charge is 0.446 e. The second-order valence-corrected chi connectivity index (χ2v) is 25.8. The highest BCUT2D eigenvalue weighted by molar-refractivity contribution is 5.95. The van der Waals surface area contributed by atoms with E-state index in [0.29, 0.717) is 108 Å². The number of halogens is 7. The Bertz CT molecular complexity index is 3370. The fourth-order valence-electron chi connectivity index (χ4n) is 13.9. The number of fused-ring (bicyclic) bond motifs is 2. The highest BCUT2D eigenvalue weighted by Crippen LogP contribution is 2.48. The Morgan fingerprint density at radius 3 is 2.04 bits per heavy atom. The number of nitrogens with zero attached hydrogens (tertiary/aromatic N) is 7. The van der Waals surface area contributed by atoms with Gasteiger partial charge in [-0.1, -0.05) is 91.3 Å². The number of nitrogens with one attached hydrogen (secondary N) is 1. The first kappa shape index (κ1) is 69.4. The maximum atomic E-state index is 14.2. The summed E-state index contributed by atoms with van der Waals surface area (Å²) in [6.45, 7) is 7.57. The molecule has 5 amide bonds. The van der Waals surface area contributed by atoms with Crippen molar-refractivity contribution in [1.29, 1.82) is 0 Å². The normalized spacial score (nSPS) is 19.8. The zero-order chi connectivity index (χ0) is 66.6. The molecule has 0 saturated carbocycles. The molecule has 5 aliphatic rings. The number of carbonyl (C=O) groups excluding carboxylic acids is 5. The molecule has 0 bridgehead atoms. The Morgan fingerprint density at radius 1 is 0.670 bits per heavy atom. The Morgan fingerprint density at radius 2 is 1.33 bits per heavy atom. The minimum atomic E-state index is -5.14. The van der Waals surface area contributed by atoms with Gasteiger partial charge in [-0.3, -0.25) is 29.4 Å². The number of anilines is 1. The van der Waals surface area contributed by atoms with E-state index in [4.69, 9.17) is 14.2 Å². The summed E-state index contributed by atoms with van der Waals surface area (Å²) in [6.07, 6.45) is -2.97. The van der Waals surface area contributed by atoms with Crippen molar-refractivity contribution >= 4 is 35.4 Å². The Labute approximate surface area is 545 Å². The molecule has 0 aromatic heterocycles. The fourth-order valence-corrected chi connectivity index (χ4v) is 13.9. The summed E-state index contributed by atoms with van der Waals surface area (Å²) in [5.74, 6) is -1.53. The van der Waals surface area contributed by atoms with E-state index in [1.165, 1.54) is 29.8 Å². The van der Waals surface area contributed by atoms with Crippen LogP contribution in [0.15, 0.2) is 121 Å². The average Bonchev–Trinajstić information content (AvgIpc) is 1.58. The zero-order valence-electron chi connectivity index (χ0n) is 53.5. The first-order valence-electron chi connectivity index (χ1n) is 32.8. The summed E-state index contributed by atoms with van der Waals surface area (Å²) in [5.41, 5.74) is -0.156. The number of unbranched alkanes of at least 4 members (excludes halogenated alkanes) is 3. The second-order valence-electron chi connectivity index (χ2n) is 25.8. The lowest BCUT2D eigenvalue weighted by molar-refractivity contribution is -0.143. The van der Waals surface area contributed by atoms with E-state index in [1.54, 1.807) is 16.8 Å². The molecule has 4 heterocycles. The van der Waals surface area contributed by atoms with E-state index in [-0.39, 0.29) is 61.0 Å². The monoisotopic (exact) mass is 1310 g/mol. The summed E-state index contributed by atoms with van der Waals surface area (Å²) in [5, 5.41) is 2.93. The smallest absolute Gasteiger partial charge is 0.416 e. The molecule has 1 N–H and O–H groups in total. The molecule has 23 heteroatoms. The van der Waals surface area contributed by atoms with Crippen molar-refractivity contribution in [1.82, 2.24) is 34.3 Å². The predicted octanol–water partition coefficient (Wildman–Crippen LogP) is 11.3. The number of amides is 5. The van der Waals surface area contributed by atoms with Crippen LogP contribution in [0.1, 0.15) is 109 Å². The lowest BCUT2D eigenvalue weighted by atomic mass is 9.72. The molecule has 10 rings (SSSR count). The lowest BCUT2D eigenvalue weighted by Crippen LogP contribution is -2.50. The summed E-state index contributed by atoms with van der Waals surface area (Å²) < 4.78 is 116. The van der Waals surface area contributed by atoms with Gasteiger partial charge in [0.15, 0.2) is 0 Å². The van der Waals surface area contributed by atoms with Gasteiger partial charge in [-0.15, -0.1) is 0 Å². The van der Waals surface area contributed by atoms with Crippen molar-refractivity contribution < 1.29 is 68.9 Å². The molecule has 4 fully saturated rings. The molecular formula is C71H85F7N8O8. The van der Waals surface area contributed by atoms with Crippen LogP contribution >= 0.6 is 0 Å². The van der Waals surface area contributed by atoms with Gasteiger partial charge >= 0.3 is 18.4 Å². The summed E-state index contributed by atoms with van der Waals surface area (Å²) in [4.78, 5) is 79.7. The number of piperidine rings is 2. The van der Waals surface area contributed by atoms with Crippen LogP contribution in [0, 0.1) is 5.82 Å². The maximum absolute atomic E-state index is 14.2. The molecule has 5 aromatic rings. The minimum absolute atomic E-state index is 0.0252. The van der Waals surface area contributed by atoms with E-state index in [1.807, 2.05) is 78.7 Å². The molecule has 5 aromatic carbocycles. The molecule has 16 nitrogen and oxygen atoms in total. The first-order valence-corrected chi connectivity index (χ1v) is 32.8. The van der Waals surface area contributed by atoms with Crippen LogP contribution in [-0.4, -0.2) is 195 Å². The van der Waals surface area contributed by atoms with Crippen molar-refractivity contribution in [2.24, 2.45) is 0 Å². The first-order chi connectivity index (χ1) is 45.1. The topological polar surface area (TPSA) is 148 Å². The molecule has 2 atom stereocenters. The van der Waals surface area contributed by atoms with Crippen LogP contribution in [0.2, 0.25) is 0 Å². The van der Waals surface area contributed by atoms with Crippen LogP contribution in [0.5, 0.6) is 0 Å². The van der Waals surface area contributed by atoms with Gasteiger partial charge in [-0.05, 0) is 142 Å². The van der Waals surface area contributed by atoms with Crippen LogP contribution in [-0.2, 0) is 58.4 Å². The quantitative estimate of drug-likeness (QED) is 0.0440. The third-order valence-corrected chi connectivity index (χ3v) is 19.6. The summed E-state index contributed by atoms with van der Waals surface area (Å²) in [7, 11) is 3.61. The van der Waals surface area contributed by atoms with Crippen molar-refractivity contribution in [3.05, 3.63) is 161 Å². The molecule has 94 heavy (non-hydrogen) atoms. The Kier molecular flexibility index (Phi) is 22.9. The van der Waals surface area contributed by atoms with Crippen molar-refractivity contribution in [3.8, 4) is 11.1 Å². The number of benzene rings is 5. The number of alkyl halides is 6. The number of rotatable bonds is 25. The number of ether oxygens (including phenoxy) is 3. The molecule has 4 aliphatic heterocycles. The van der Waals surface area contributed by atoms with E-state index < -0.39 is 59.2 Å². The molecule has 0 unspecified atom stereocenters. The van der Waals surface area contributed by atoms with E-state index in [0.717, 1.165) is 92.8 Å². The van der Waals surface area contributed by atoms with Crippen LogP contribution < -0.4 is 5.32 Å². The summed E-state index contributed by atoms with van der Waals surface area (Å²) >= 11 is 0. The van der Waals surface area contributed by atoms with E-state index in [2.05, 4.69) is 32.1 Å². The highest BCUT2D eigenvalue weighted by atomic mass is 19.4. The number of hydrogen-bond donors (Lipinski definition) is 1. The number of para-hydroxylation sites is 1. The van der Waals surface area contributed by atoms with Crippen molar-refractivity contribution in [3.63, 3.8) is 0 Å². The summed E-state index contributed by atoms with van der Waals surface area (Å²) in [6, 6.07) is 32.0. The molecule has 4 saturated heterocycles. The number of piperazine rings is 1. The van der Waals surface area contributed by atoms with Gasteiger partial charge < -0.3 is 43.6 Å². The van der Waals surface area contributed by atoms with Crippen molar-refractivity contribution in [2.45, 2.75) is 113 Å². The SMILES string of the molecule is CN(CCN1CCC(OC(=O)Nc2ccccc2-c2ccccc2)CC1)C(=O)CCCCCN1CCN(CCCCN(C)C(=O)CO[C@@H]2Cc3ccccc3C23CCN(CC[C@@]2(c4ccc(F)cc4)CN(C(=O)c4cc(C(F)(F)F)cc(C(F)(F)F)c4)CO2)CC3)C(=O)C1. The predicted molar refractivity (Wildman–Crippen MR) is 341 cm³/mol. The molecule has 1 spiro atoms. The fraction of sp³-hybridized carbons (Fsp3) is 0.507. The van der Waals surface area contributed by atoms with Crippen LogP contribution in [0.3, 0.4) is 0 Å². The minimum Gasteiger partial charge on any atom is -0.446 e. The number of carbonyl (C=O) groups is 5. The van der Waals surface area contributed by atoms with Gasteiger partial charge in [-0.25, -0.2) is 9.18 Å². The lowest BCUT2D eigenvalue weighted by Gasteiger charge is -2.44. The van der Waals surface area contributed by atoms with E-state index in [9.17, 15) is 54.7 Å². The number of likely N-dealkylation sites (N-methyl/N-ethyl adjacent to an activating group) is 2. The third-order valence-electron chi connectivity index (χ3n) is 19.6. The number of likely N-dealkylation sites (tertiary alicyclic amines) is 2. The van der Waals surface area contributed by atoms with Crippen molar-refractivity contribution in [2.75, 3.05) is 124 Å². The van der Waals surface area contributed by atoms with Gasteiger partial charge in [0.05, 0.1) is 36.0 Å². The van der Waals surface area contributed by atoms with Gasteiger partial charge in [0.25, 0.3) is 5.91 Å². The van der Waals surface area contributed by atoms with Crippen LogP contribution in [0.25, 0.3) is 11.1 Å². The molecule has 0 radical (unpaired) electrons. The standard InChI is InChI=1S/C71H85F7N8O8/c1-80(31-13-14-33-85-42-41-84(47-64(85)88)32-12-4-7-21-63(87)81(2)39-40-82-34-26-58(27-35-82)94-67(91)79-61-20-11-9-18-59(61)51-15-5-3-6-16-51)65(89)48-92-62-45-52-17-8-10-19-60(52)68(62)28-36-83(37-29-68)38-30-69(54-22-24-57(72)25-23-54)49-86(50-93-69)66(90)53-43-55(70(73,74)75)46-56(44-53)71(76,77)78/h3,5-6,8-11,15-20,22-25,43-44,46,58,62H,4,7,12-14,21,26-42,45,47-50H2,1-2H3,(H,79,91)/t62-,69+/m1/s1. The molecule has 1 aliphatic carbocycles. The highest BCUT2D eigenvalue weighted by Gasteiger charge is 2.50. The van der Waals surface area contributed by atoms with Gasteiger partial charge in [-0.2, -0.15) is 26.3 Å². The van der Waals surface area contributed by atoms with Gasteiger partial charge in [0.2, 0.25) is 17.7 Å². The van der Waals surface area contributed by atoms with Gasteiger partial charge in [0.1, 0.15) is 30.9 Å². The number of hydrogen-bond acceptors (Lipinski definition) is 11. The average molecular weight is 1310 g/mol.